The summed E-state index contributed by atoms with van der Waals surface area (Å²) in [5.74, 6) is 1.05. The number of hydrogen-bond acceptors (Lipinski definition) is 3. The molecule has 1 aliphatic carbocycles. The molecule has 0 amide bonds. The van der Waals surface area contributed by atoms with Crippen molar-refractivity contribution in [1.29, 1.82) is 5.26 Å². The van der Waals surface area contributed by atoms with E-state index in [1.165, 1.54) is 27.9 Å². The number of nitrogens with zero attached hydrogens (tertiary/aromatic N) is 1. The lowest BCUT2D eigenvalue weighted by Crippen LogP contribution is -2.37. The molecule has 3 nitrogen and oxygen atoms in total. The second-order valence-electron chi connectivity index (χ2n) is 8.90. The predicted octanol–water partition coefficient (Wildman–Crippen LogP) is 5.72. The molecule has 2 unspecified atom stereocenters. The lowest BCUT2D eigenvalue weighted by molar-refractivity contribution is 0.571. The molecule has 0 aliphatic heterocycles. The van der Waals surface area contributed by atoms with E-state index >= 15 is 0 Å². The normalized spacial score (nSPS) is 18.0. The van der Waals surface area contributed by atoms with Crippen LogP contribution in [0, 0.1) is 23.2 Å². The molecule has 0 radical (unpaired) electrons. The molecular formula is C26H33N3. The smallest absolute Gasteiger partial charge is 0.0991 e. The molecule has 0 saturated heterocycles. The van der Waals surface area contributed by atoms with Crippen LogP contribution >= 0.6 is 0 Å². The van der Waals surface area contributed by atoms with Crippen LogP contribution in [0.15, 0.2) is 42.5 Å². The summed E-state index contributed by atoms with van der Waals surface area (Å²) >= 11 is 0. The van der Waals surface area contributed by atoms with Crippen LogP contribution in [0.2, 0.25) is 0 Å². The van der Waals surface area contributed by atoms with Crippen molar-refractivity contribution < 1.29 is 0 Å². The third kappa shape index (κ3) is 4.89. The van der Waals surface area contributed by atoms with Crippen molar-refractivity contribution in [2.45, 2.75) is 52.6 Å². The minimum Gasteiger partial charge on any atom is -0.376 e. The van der Waals surface area contributed by atoms with E-state index in [1.807, 2.05) is 7.05 Å². The van der Waals surface area contributed by atoms with Crippen molar-refractivity contribution in [3.05, 3.63) is 70.3 Å². The van der Waals surface area contributed by atoms with Crippen LogP contribution in [0.1, 0.15) is 61.6 Å². The first-order valence-electron chi connectivity index (χ1n) is 10.7. The Morgan fingerprint density at radius 2 is 1.62 bits per heavy atom. The van der Waals surface area contributed by atoms with E-state index in [0.29, 0.717) is 11.8 Å². The molecule has 2 N–H and O–H groups in total. The van der Waals surface area contributed by atoms with Crippen molar-refractivity contribution in [1.82, 2.24) is 5.32 Å². The van der Waals surface area contributed by atoms with Gasteiger partial charge in [-0.1, -0.05) is 64.1 Å². The van der Waals surface area contributed by atoms with Gasteiger partial charge in [0.2, 0.25) is 0 Å². The third-order valence-corrected chi connectivity index (χ3v) is 5.49. The van der Waals surface area contributed by atoms with Gasteiger partial charge in [-0.25, -0.2) is 0 Å². The quantitative estimate of drug-likeness (QED) is 0.638. The summed E-state index contributed by atoms with van der Waals surface area (Å²) in [6.45, 7) is 8.94. The minimum absolute atomic E-state index is 0.144. The lowest BCUT2D eigenvalue weighted by atomic mass is 9.87. The second-order valence-corrected chi connectivity index (χ2v) is 8.90. The lowest BCUT2D eigenvalue weighted by Gasteiger charge is -2.33. The molecule has 29 heavy (non-hydrogen) atoms. The molecule has 0 aromatic heterocycles. The Bertz CT molecular complexity index is 887. The maximum absolute atomic E-state index is 9.59. The van der Waals surface area contributed by atoms with Crippen molar-refractivity contribution in [3.63, 3.8) is 0 Å². The number of hydrogen-bond donors (Lipinski definition) is 2. The predicted molar refractivity (Wildman–Crippen MR) is 123 cm³/mol. The van der Waals surface area contributed by atoms with E-state index in [0.717, 1.165) is 18.4 Å². The fraction of sp³-hybridized carbons (Fsp3) is 0.423. The number of benzene rings is 2. The van der Waals surface area contributed by atoms with Gasteiger partial charge < -0.3 is 10.6 Å². The van der Waals surface area contributed by atoms with Gasteiger partial charge in [0.25, 0.3) is 0 Å². The zero-order valence-electron chi connectivity index (χ0n) is 18.3. The van der Waals surface area contributed by atoms with Gasteiger partial charge in [0, 0.05) is 11.7 Å². The fourth-order valence-electron chi connectivity index (χ4n) is 4.26. The maximum atomic E-state index is 9.59. The highest BCUT2D eigenvalue weighted by molar-refractivity contribution is 5.66. The third-order valence-electron chi connectivity index (χ3n) is 5.49. The van der Waals surface area contributed by atoms with Crippen LogP contribution in [-0.4, -0.2) is 13.1 Å². The van der Waals surface area contributed by atoms with Crippen LogP contribution in [0.25, 0.3) is 6.08 Å². The summed E-state index contributed by atoms with van der Waals surface area (Å²) in [5, 5.41) is 17.0. The number of nitriles is 1. The largest absolute Gasteiger partial charge is 0.376 e. The first-order valence-corrected chi connectivity index (χ1v) is 10.7. The number of likely N-dealkylation sites (N-methyl/N-ethyl adjacent to an activating group) is 1. The Morgan fingerprint density at radius 1 is 1.00 bits per heavy atom. The average Bonchev–Trinajstić information content (AvgIpc) is 2.69. The fourth-order valence-corrected chi connectivity index (χ4v) is 4.26. The van der Waals surface area contributed by atoms with Crippen LogP contribution in [0.3, 0.4) is 0 Å². The molecular weight excluding hydrogens is 354 g/mol. The van der Waals surface area contributed by atoms with Crippen LogP contribution in [0.4, 0.5) is 5.69 Å². The Kier molecular flexibility index (Phi) is 6.77. The first kappa shape index (κ1) is 21.1. The van der Waals surface area contributed by atoms with Gasteiger partial charge in [0.1, 0.15) is 0 Å². The van der Waals surface area contributed by atoms with Gasteiger partial charge in [-0.15, -0.1) is 0 Å². The van der Waals surface area contributed by atoms with Crippen LogP contribution in [-0.2, 0) is 12.8 Å². The summed E-state index contributed by atoms with van der Waals surface area (Å²) in [7, 11) is 2.01. The molecule has 2 aromatic rings. The minimum atomic E-state index is 0.144. The van der Waals surface area contributed by atoms with Crippen molar-refractivity contribution in [2.75, 3.05) is 12.4 Å². The summed E-state index contributed by atoms with van der Waals surface area (Å²) in [6.07, 6.45) is 6.36. The number of fused-ring (bicyclic) bond motifs is 1. The van der Waals surface area contributed by atoms with Gasteiger partial charge in [-0.05, 0) is 66.1 Å². The SMILES string of the molecule is CNC1C=Cc2ccccc2C1Nc1c(CC(C)C)cc(C#N)cc1CC(C)C. The Balaban J connectivity index is 2.10. The molecule has 0 saturated carbocycles. The van der Waals surface area contributed by atoms with Crippen LogP contribution < -0.4 is 10.6 Å². The van der Waals surface area contributed by atoms with E-state index in [1.54, 1.807) is 0 Å². The summed E-state index contributed by atoms with van der Waals surface area (Å²) in [5.41, 5.74) is 7.04. The molecule has 3 heteroatoms. The molecule has 2 aromatic carbocycles. The Morgan fingerprint density at radius 3 is 2.17 bits per heavy atom. The molecule has 2 atom stereocenters. The summed E-state index contributed by atoms with van der Waals surface area (Å²) in [6, 6.07) is 15.5. The highest BCUT2D eigenvalue weighted by atomic mass is 15.0. The summed E-state index contributed by atoms with van der Waals surface area (Å²) < 4.78 is 0. The molecule has 152 valence electrons. The Labute approximate surface area is 175 Å². The van der Waals surface area contributed by atoms with Crippen molar-refractivity contribution in [2.24, 2.45) is 11.8 Å². The highest BCUT2D eigenvalue weighted by Crippen LogP contribution is 2.35. The maximum Gasteiger partial charge on any atom is 0.0991 e. The topological polar surface area (TPSA) is 47.8 Å². The molecule has 1 aliphatic rings. The van der Waals surface area contributed by atoms with E-state index in [-0.39, 0.29) is 12.1 Å². The first-order chi connectivity index (χ1) is 13.9. The average molecular weight is 388 g/mol. The van der Waals surface area contributed by atoms with Gasteiger partial charge >= 0.3 is 0 Å². The van der Waals surface area contributed by atoms with Gasteiger partial charge in [0.05, 0.1) is 17.7 Å². The van der Waals surface area contributed by atoms with Crippen molar-refractivity contribution in [3.8, 4) is 6.07 Å². The standard InChI is InChI=1S/C26H33N3/c1-17(2)12-21-14-19(16-27)15-22(13-18(3)4)25(21)29-26-23-9-7-6-8-20(23)10-11-24(26)28-5/h6-11,14-15,17-18,24,26,28-29H,12-13H2,1-5H3. The van der Waals surface area contributed by atoms with E-state index in [2.05, 4.69) is 92.9 Å². The molecule has 0 bridgehead atoms. The number of rotatable bonds is 7. The summed E-state index contributed by atoms with van der Waals surface area (Å²) in [4.78, 5) is 0. The van der Waals surface area contributed by atoms with Gasteiger partial charge in [-0.2, -0.15) is 5.26 Å². The van der Waals surface area contributed by atoms with Crippen molar-refractivity contribution >= 4 is 11.8 Å². The second kappa shape index (κ2) is 9.29. The Hall–Kier alpha value is -2.57. The molecule has 3 rings (SSSR count). The zero-order valence-corrected chi connectivity index (χ0v) is 18.3. The zero-order chi connectivity index (χ0) is 21.0. The van der Waals surface area contributed by atoms with Gasteiger partial charge in [0.15, 0.2) is 0 Å². The molecule has 0 heterocycles. The van der Waals surface area contributed by atoms with Gasteiger partial charge in [-0.3, -0.25) is 0 Å². The van der Waals surface area contributed by atoms with Crippen LogP contribution in [0.5, 0.6) is 0 Å². The molecule has 0 fully saturated rings. The number of anilines is 1. The highest BCUT2D eigenvalue weighted by Gasteiger charge is 2.27. The van der Waals surface area contributed by atoms with E-state index < -0.39 is 0 Å². The molecule has 0 spiro atoms. The van der Waals surface area contributed by atoms with E-state index in [4.69, 9.17) is 0 Å². The number of nitrogens with one attached hydrogen (secondary N) is 2. The van der Waals surface area contributed by atoms with E-state index in [9.17, 15) is 5.26 Å². The monoisotopic (exact) mass is 387 g/mol.